The number of aliphatic hydroxyl groups is 1. The van der Waals surface area contributed by atoms with Crippen molar-refractivity contribution in [3.8, 4) is 23.0 Å². The second-order valence-electron chi connectivity index (χ2n) is 6.01. The van der Waals surface area contributed by atoms with Gasteiger partial charge in [0, 0.05) is 17.5 Å². The Hall–Kier alpha value is -3.06. The maximum atomic E-state index is 12.7. The van der Waals surface area contributed by atoms with Crippen LogP contribution in [0.2, 0.25) is 0 Å². The van der Waals surface area contributed by atoms with Crippen LogP contribution in [0.4, 0.5) is 0 Å². The zero-order valence-electron chi connectivity index (χ0n) is 13.8. The molecule has 7 nitrogen and oxygen atoms in total. The van der Waals surface area contributed by atoms with Crippen LogP contribution in [0.15, 0.2) is 36.4 Å². The molecule has 1 N–H and O–H groups in total. The second kappa shape index (κ2) is 6.68. The molecule has 0 radical (unpaired) electrons. The first-order valence-corrected chi connectivity index (χ1v) is 8.13. The number of ketones is 2. The van der Waals surface area contributed by atoms with Crippen LogP contribution in [0.5, 0.6) is 23.0 Å². The Morgan fingerprint density at radius 3 is 2.00 bits per heavy atom. The third-order valence-corrected chi connectivity index (χ3v) is 4.37. The molecule has 0 aromatic heterocycles. The molecule has 2 heterocycles. The molecule has 2 aliphatic rings. The fourth-order valence-corrected chi connectivity index (χ4v) is 2.94. The average Bonchev–Trinajstić information content (AvgIpc) is 3.32. The maximum Gasteiger partial charge on any atom is 0.231 e. The Kier molecular flexibility index (Phi) is 4.22. The van der Waals surface area contributed by atoms with Crippen LogP contribution in [0.1, 0.15) is 27.1 Å². The highest BCUT2D eigenvalue weighted by Gasteiger charge is 2.26. The average molecular weight is 356 g/mol. The van der Waals surface area contributed by atoms with E-state index in [9.17, 15) is 14.7 Å². The summed E-state index contributed by atoms with van der Waals surface area (Å²) in [6.45, 7) is -0.197. The predicted molar refractivity (Wildman–Crippen MR) is 89.0 cm³/mol. The van der Waals surface area contributed by atoms with Crippen molar-refractivity contribution in [3.05, 3.63) is 47.5 Å². The molecule has 4 rings (SSSR count). The summed E-state index contributed by atoms with van der Waals surface area (Å²) in [7, 11) is 0. The molecule has 7 heteroatoms. The molecule has 134 valence electrons. The third kappa shape index (κ3) is 2.97. The van der Waals surface area contributed by atoms with Gasteiger partial charge < -0.3 is 24.1 Å². The summed E-state index contributed by atoms with van der Waals surface area (Å²) < 4.78 is 21.0. The molecule has 0 aliphatic carbocycles. The molecule has 1 unspecified atom stereocenters. The fraction of sp³-hybridized carbons (Fsp3) is 0.263. The SMILES string of the molecule is O=C(CC(CO)C(=O)c1ccc2c(c1)OCO2)c1ccc2c(c1)OCO2. The molecule has 2 aliphatic heterocycles. The van der Waals surface area contributed by atoms with Gasteiger partial charge >= 0.3 is 0 Å². The summed E-state index contributed by atoms with van der Waals surface area (Å²) in [6.07, 6.45) is -0.108. The van der Waals surface area contributed by atoms with E-state index in [0.29, 0.717) is 34.1 Å². The lowest BCUT2D eigenvalue weighted by Crippen LogP contribution is -2.22. The van der Waals surface area contributed by atoms with Gasteiger partial charge in [0.2, 0.25) is 13.6 Å². The van der Waals surface area contributed by atoms with Gasteiger partial charge in [-0.1, -0.05) is 0 Å². The van der Waals surface area contributed by atoms with E-state index < -0.39 is 12.5 Å². The fourth-order valence-electron chi connectivity index (χ4n) is 2.94. The Morgan fingerprint density at radius 1 is 0.846 bits per heavy atom. The van der Waals surface area contributed by atoms with Crippen molar-refractivity contribution in [1.29, 1.82) is 0 Å². The van der Waals surface area contributed by atoms with Gasteiger partial charge in [-0.3, -0.25) is 9.59 Å². The van der Waals surface area contributed by atoms with Crippen LogP contribution in [0.25, 0.3) is 0 Å². The lowest BCUT2D eigenvalue weighted by atomic mass is 9.91. The van der Waals surface area contributed by atoms with E-state index in [1.54, 1.807) is 36.4 Å². The van der Waals surface area contributed by atoms with Gasteiger partial charge in [-0.05, 0) is 36.4 Å². The summed E-state index contributed by atoms with van der Waals surface area (Å²) >= 11 is 0. The van der Waals surface area contributed by atoms with Gasteiger partial charge in [0.25, 0.3) is 0 Å². The summed E-state index contributed by atoms with van der Waals surface area (Å²) in [5, 5.41) is 9.63. The van der Waals surface area contributed by atoms with Crippen molar-refractivity contribution in [2.75, 3.05) is 20.2 Å². The summed E-state index contributed by atoms with van der Waals surface area (Å²) in [4.78, 5) is 25.2. The number of hydrogen-bond acceptors (Lipinski definition) is 7. The Labute approximate surface area is 149 Å². The number of carbonyl (C=O) groups is 2. The molecule has 0 spiro atoms. The minimum Gasteiger partial charge on any atom is -0.454 e. The zero-order chi connectivity index (χ0) is 18.1. The number of aliphatic hydroxyl groups excluding tert-OH is 1. The van der Waals surface area contributed by atoms with Crippen LogP contribution in [0.3, 0.4) is 0 Å². The highest BCUT2D eigenvalue weighted by atomic mass is 16.7. The van der Waals surface area contributed by atoms with Gasteiger partial charge in [-0.25, -0.2) is 0 Å². The molecule has 26 heavy (non-hydrogen) atoms. The van der Waals surface area contributed by atoms with Gasteiger partial charge in [-0.15, -0.1) is 0 Å². The monoisotopic (exact) mass is 356 g/mol. The van der Waals surface area contributed by atoms with E-state index in [2.05, 4.69) is 0 Å². The summed E-state index contributed by atoms with van der Waals surface area (Å²) in [5.74, 6) is 0.716. The van der Waals surface area contributed by atoms with Crippen LogP contribution in [-0.4, -0.2) is 36.9 Å². The smallest absolute Gasteiger partial charge is 0.231 e. The first kappa shape index (κ1) is 16.4. The number of fused-ring (bicyclic) bond motifs is 2. The van der Waals surface area contributed by atoms with Gasteiger partial charge in [0.05, 0.1) is 12.5 Å². The first-order valence-electron chi connectivity index (χ1n) is 8.13. The lowest BCUT2D eigenvalue weighted by molar-refractivity contribution is 0.0791. The summed E-state index contributed by atoms with van der Waals surface area (Å²) in [5.41, 5.74) is 0.776. The predicted octanol–water partition coefficient (Wildman–Crippen LogP) is 2.21. The molecular weight excluding hydrogens is 340 g/mol. The number of Topliss-reactive ketones (excluding diaryl/α,β-unsaturated/α-hetero) is 2. The quantitative estimate of drug-likeness (QED) is 0.794. The van der Waals surface area contributed by atoms with Crippen LogP contribution in [0, 0.1) is 5.92 Å². The molecule has 0 bridgehead atoms. The minimum atomic E-state index is -0.840. The Bertz CT molecular complexity index is 874. The number of carbonyl (C=O) groups excluding carboxylic acids is 2. The van der Waals surface area contributed by atoms with Crippen molar-refractivity contribution in [1.82, 2.24) is 0 Å². The molecule has 2 aromatic rings. The highest BCUT2D eigenvalue weighted by Crippen LogP contribution is 2.34. The Balaban J connectivity index is 1.50. The van der Waals surface area contributed by atoms with Crippen LogP contribution < -0.4 is 18.9 Å². The van der Waals surface area contributed by atoms with Gasteiger partial charge in [0.15, 0.2) is 34.6 Å². The summed E-state index contributed by atoms with van der Waals surface area (Å²) in [6, 6.07) is 9.67. The van der Waals surface area contributed by atoms with E-state index >= 15 is 0 Å². The van der Waals surface area contributed by atoms with Crippen molar-refractivity contribution in [3.63, 3.8) is 0 Å². The van der Waals surface area contributed by atoms with Crippen molar-refractivity contribution in [2.24, 2.45) is 5.92 Å². The first-order chi connectivity index (χ1) is 12.7. The van der Waals surface area contributed by atoms with Crippen molar-refractivity contribution in [2.45, 2.75) is 6.42 Å². The number of rotatable bonds is 6. The molecule has 2 aromatic carbocycles. The largest absolute Gasteiger partial charge is 0.454 e. The van der Waals surface area contributed by atoms with Crippen LogP contribution in [-0.2, 0) is 0 Å². The van der Waals surface area contributed by atoms with Crippen molar-refractivity contribution < 1.29 is 33.6 Å². The molecule has 0 amide bonds. The Morgan fingerprint density at radius 2 is 1.38 bits per heavy atom. The highest BCUT2D eigenvalue weighted by molar-refractivity contribution is 6.04. The molecular formula is C19H16O7. The number of hydrogen-bond donors (Lipinski definition) is 1. The zero-order valence-corrected chi connectivity index (χ0v) is 13.8. The minimum absolute atomic E-state index is 0.108. The van der Waals surface area contributed by atoms with Gasteiger partial charge in [0.1, 0.15) is 0 Å². The van der Waals surface area contributed by atoms with E-state index in [1.807, 2.05) is 0 Å². The number of benzene rings is 2. The molecule has 0 saturated carbocycles. The standard InChI is InChI=1S/C19H16O7/c20-8-13(19(22)12-2-4-16-18(7-12)26-10-24-16)5-14(21)11-1-3-15-17(6-11)25-9-23-15/h1-4,6-7,13,20H,5,8-10H2. The van der Waals surface area contributed by atoms with E-state index in [1.165, 1.54) is 0 Å². The van der Waals surface area contributed by atoms with E-state index in [4.69, 9.17) is 18.9 Å². The molecule has 0 fully saturated rings. The molecule has 0 saturated heterocycles. The second-order valence-corrected chi connectivity index (χ2v) is 6.01. The lowest BCUT2D eigenvalue weighted by Gasteiger charge is -2.13. The van der Waals surface area contributed by atoms with Gasteiger partial charge in [-0.2, -0.15) is 0 Å². The third-order valence-electron chi connectivity index (χ3n) is 4.37. The van der Waals surface area contributed by atoms with Crippen molar-refractivity contribution >= 4 is 11.6 Å². The van der Waals surface area contributed by atoms with E-state index in [0.717, 1.165) is 0 Å². The molecule has 1 atom stereocenters. The van der Waals surface area contributed by atoms with E-state index in [-0.39, 0.29) is 31.6 Å². The normalized spacial score (nSPS) is 15.0. The topological polar surface area (TPSA) is 91.3 Å². The number of ether oxygens (including phenoxy) is 4. The van der Waals surface area contributed by atoms with Crippen LogP contribution >= 0.6 is 0 Å². The maximum absolute atomic E-state index is 12.7.